The van der Waals surface area contributed by atoms with E-state index >= 15 is 0 Å². The first kappa shape index (κ1) is 22.5. The predicted molar refractivity (Wildman–Crippen MR) is 129 cm³/mol. The molecule has 2 aromatic heterocycles. The third kappa shape index (κ3) is 4.18. The first-order valence-corrected chi connectivity index (χ1v) is 11.0. The molecule has 7 heteroatoms. The van der Waals surface area contributed by atoms with E-state index in [1.807, 2.05) is 55.8 Å². The van der Waals surface area contributed by atoms with Gasteiger partial charge in [0, 0.05) is 29.6 Å². The molecule has 1 N–H and O–H groups in total. The molecule has 0 aliphatic rings. The van der Waals surface area contributed by atoms with Crippen LogP contribution in [-0.4, -0.2) is 20.3 Å². The maximum atomic E-state index is 13.8. The Labute approximate surface area is 191 Å². The lowest BCUT2D eigenvalue weighted by Gasteiger charge is -2.14. The van der Waals surface area contributed by atoms with Gasteiger partial charge in [-0.05, 0) is 69.5 Å². The Hall–Kier alpha value is -3.74. The number of pyridine rings is 1. The molecule has 1 amide bonds. The number of hydrogen-bond acceptors (Lipinski definition) is 3. The SMILES string of the molecule is CCn1c(=O)c(CCC(=O)Nc2ccc(C)c(F)c2)c(C)c2c(C)nn(-c3ccccc3)c21. The van der Waals surface area contributed by atoms with E-state index in [1.54, 1.807) is 23.6 Å². The third-order valence-electron chi connectivity index (χ3n) is 6.00. The molecule has 0 aliphatic carbocycles. The molecular weight excluding hydrogens is 419 g/mol. The van der Waals surface area contributed by atoms with Crippen LogP contribution in [0.15, 0.2) is 53.3 Å². The summed E-state index contributed by atoms with van der Waals surface area (Å²) in [6, 6.07) is 14.3. The summed E-state index contributed by atoms with van der Waals surface area (Å²) < 4.78 is 17.3. The van der Waals surface area contributed by atoms with Gasteiger partial charge < -0.3 is 5.32 Å². The van der Waals surface area contributed by atoms with Crippen molar-refractivity contribution in [1.82, 2.24) is 14.3 Å². The Kier molecular flexibility index (Phi) is 6.14. The van der Waals surface area contributed by atoms with E-state index in [2.05, 4.69) is 5.32 Å². The van der Waals surface area contributed by atoms with Crippen LogP contribution in [0.1, 0.15) is 35.7 Å². The van der Waals surface area contributed by atoms with Crippen molar-refractivity contribution in [3.63, 3.8) is 0 Å². The average Bonchev–Trinajstić information content (AvgIpc) is 3.14. The zero-order valence-electron chi connectivity index (χ0n) is 19.3. The highest BCUT2D eigenvalue weighted by Crippen LogP contribution is 2.26. The van der Waals surface area contributed by atoms with Gasteiger partial charge in [0.25, 0.3) is 5.56 Å². The summed E-state index contributed by atoms with van der Waals surface area (Å²) >= 11 is 0. The van der Waals surface area contributed by atoms with E-state index < -0.39 is 0 Å². The topological polar surface area (TPSA) is 68.9 Å². The Morgan fingerprint density at radius 2 is 1.82 bits per heavy atom. The minimum atomic E-state index is -0.370. The van der Waals surface area contributed by atoms with E-state index in [0.29, 0.717) is 23.4 Å². The molecule has 0 aliphatic heterocycles. The van der Waals surface area contributed by atoms with Gasteiger partial charge in [-0.15, -0.1) is 0 Å². The lowest BCUT2D eigenvalue weighted by Crippen LogP contribution is -2.27. The van der Waals surface area contributed by atoms with Gasteiger partial charge in [0.05, 0.1) is 11.4 Å². The molecule has 0 bridgehead atoms. The third-order valence-corrected chi connectivity index (χ3v) is 6.00. The van der Waals surface area contributed by atoms with Crippen LogP contribution in [0.5, 0.6) is 0 Å². The molecule has 0 unspecified atom stereocenters. The van der Waals surface area contributed by atoms with Crippen LogP contribution in [0.4, 0.5) is 10.1 Å². The van der Waals surface area contributed by atoms with Crippen LogP contribution in [0.3, 0.4) is 0 Å². The van der Waals surface area contributed by atoms with E-state index in [0.717, 1.165) is 28.0 Å². The first-order valence-electron chi connectivity index (χ1n) is 11.0. The largest absolute Gasteiger partial charge is 0.326 e. The lowest BCUT2D eigenvalue weighted by molar-refractivity contribution is -0.116. The lowest BCUT2D eigenvalue weighted by atomic mass is 10.0. The molecular formula is C26H27FN4O2. The minimum Gasteiger partial charge on any atom is -0.326 e. The van der Waals surface area contributed by atoms with Gasteiger partial charge >= 0.3 is 0 Å². The molecule has 0 saturated heterocycles. The fourth-order valence-corrected chi connectivity index (χ4v) is 4.24. The fourth-order valence-electron chi connectivity index (χ4n) is 4.24. The molecule has 0 radical (unpaired) electrons. The van der Waals surface area contributed by atoms with Gasteiger partial charge in [0.15, 0.2) is 0 Å². The van der Waals surface area contributed by atoms with Gasteiger partial charge in [-0.25, -0.2) is 9.07 Å². The first-order chi connectivity index (χ1) is 15.8. The quantitative estimate of drug-likeness (QED) is 0.461. The molecule has 2 heterocycles. The highest BCUT2D eigenvalue weighted by atomic mass is 19.1. The van der Waals surface area contributed by atoms with Gasteiger partial charge in [-0.3, -0.25) is 14.2 Å². The number of benzene rings is 2. The van der Waals surface area contributed by atoms with Crippen molar-refractivity contribution in [2.45, 2.75) is 47.1 Å². The summed E-state index contributed by atoms with van der Waals surface area (Å²) in [5, 5.41) is 8.37. The molecule has 4 rings (SSSR count). The Morgan fingerprint density at radius 3 is 2.48 bits per heavy atom. The Morgan fingerprint density at radius 1 is 1.09 bits per heavy atom. The zero-order chi connectivity index (χ0) is 23.7. The number of para-hydroxylation sites is 1. The number of amides is 1. The molecule has 2 aromatic carbocycles. The predicted octanol–water partition coefficient (Wildman–Crippen LogP) is 4.84. The van der Waals surface area contributed by atoms with Gasteiger partial charge in [0.2, 0.25) is 5.91 Å². The zero-order valence-corrected chi connectivity index (χ0v) is 19.3. The number of fused-ring (bicyclic) bond motifs is 1. The van der Waals surface area contributed by atoms with E-state index in [-0.39, 0.29) is 30.1 Å². The van der Waals surface area contributed by atoms with Crippen LogP contribution in [0.2, 0.25) is 0 Å². The van der Waals surface area contributed by atoms with Crippen molar-refractivity contribution < 1.29 is 9.18 Å². The van der Waals surface area contributed by atoms with Gasteiger partial charge in [0.1, 0.15) is 11.5 Å². The minimum absolute atomic E-state index is 0.117. The molecule has 0 fully saturated rings. The van der Waals surface area contributed by atoms with Crippen LogP contribution in [0, 0.1) is 26.6 Å². The molecule has 4 aromatic rings. The van der Waals surface area contributed by atoms with Crippen molar-refractivity contribution in [3.8, 4) is 5.69 Å². The van der Waals surface area contributed by atoms with E-state index in [1.165, 1.54) is 6.07 Å². The summed E-state index contributed by atoms with van der Waals surface area (Å²) in [6.07, 6.45) is 0.406. The summed E-state index contributed by atoms with van der Waals surface area (Å²) in [6.45, 7) is 7.92. The second kappa shape index (κ2) is 9.02. The molecule has 0 spiro atoms. The van der Waals surface area contributed by atoms with Crippen molar-refractivity contribution in [2.75, 3.05) is 5.32 Å². The number of aryl methyl sites for hydroxylation is 4. The number of carbonyl (C=O) groups is 1. The fraction of sp³-hybridized carbons (Fsp3) is 0.269. The smallest absolute Gasteiger partial charge is 0.255 e. The van der Waals surface area contributed by atoms with Crippen molar-refractivity contribution in [3.05, 3.63) is 87.1 Å². The monoisotopic (exact) mass is 446 g/mol. The standard InChI is InChI=1S/C26H27FN4O2/c1-5-30-25-24(18(4)29-31(25)20-9-7-6-8-10-20)17(3)21(26(30)33)13-14-23(32)28-19-12-11-16(2)22(27)15-19/h6-12,15H,5,13-14H2,1-4H3,(H,28,32). The average molecular weight is 447 g/mol. The highest BCUT2D eigenvalue weighted by Gasteiger charge is 2.21. The molecule has 6 nitrogen and oxygen atoms in total. The normalized spacial score (nSPS) is 11.2. The van der Waals surface area contributed by atoms with Gasteiger partial charge in [-0.2, -0.15) is 5.10 Å². The number of carbonyl (C=O) groups excluding carboxylic acids is 1. The number of nitrogens with zero attached hydrogens (tertiary/aromatic N) is 3. The van der Waals surface area contributed by atoms with Crippen LogP contribution in [0.25, 0.3) is 16.7 Å². The Balaban J connectivity index is 1.69. The molecule has 170 valence electrons. The maximum absolute atomic E-state index is 13.8. The summed E-state index contributed by atoms with van der Waals surface area (Å²) in [5.74, 6) is -0.636. The van der Waals surface area contributed by atoms with Crippen LogP contribution < -0.4 is 10.9 Å². The number of nitrogens with one attached hydrogen (secondary N) is 1. The summed E-state index contributed by atoms with van der Waals surface area (Å²) in [7, 11) is 0. The highest BCUT2D eigenvalue weighted by molar-refractivity contribution is 5.91. The molecule has 0 atom stereocenters. The maximum Gasteiger partial charge on any atom is 0.255 e. The summed E-state index contributed by atoms with van der Waals surface area (Å²) in [4.78, 5) is 25.9. The number of anilines is 1. The van der Waals surface area contributed by atoms with Crippen molar-refractivity contribution in [1.29, 1.82) is 0 Å². The number of aromatic nitrogens is 3. The second-order valence-corrected chi connectivity index (χ2v) is 8.20. The molecule has 33 heavy (non-hydrogen) atoms. The van der Waals surface area contributed by atoms with Crippen molar-refractivity contribution in [2.24, 2.45) is 0 Å². The van der Waals surface area contributed by atoms with Crippen LogP contribution >= 0.6 is 0 Å². The number of hydrogen-bond donors (Lipinski definition) is 1. The van der Waals surface area contributed by atoms with Crippen molar-refractivity contribution >= 4 is 22.6 Å². The van der Waals surface area contributed by atoms with E-state index in [9.17, 15) is 14.0 Å². The van der Waals surface area contributed by atoms with Crippen LogP contribution in [-0.2, 0) is 17.8 Å². The van der Waals surface area contributed by atoms with Gasteiger partial charge in [-0.1, -0.05) is 24.3 Å². The Bertz CT molecular complexity index is 1400. The van der Waals surface area contributed by atoms with E-state index in [4.69, 9.17) is 5.10 Å². The number of halogens is 1. The summed E-state index contributed by atoms with van der Waals surface area (Å²) in [5.41, 5.74) is 4.72. The molecule has 0 saturated carbocycles. The second-order valence-electron chi connectivity index (χ2n) is 8.20. The number of rotatable bonds is 6.